The first-order valence-corrected chi connectivity index (χ1v) is 9.60. The van der Waals surface area contributed by atoms with Crippen LogP contribution < -0.4 is 14.8 Å². The molecule has 0 unspecified atom stereocenters. The Morgan fingerprint density at radius 3 is 2.73 bits per heavy atom. The molecule has 0 spiro atoms. The molecule has 3 aromatic rings. The number of carbonyl (C=O) groups excluding carboxylic acids is 1. The van der Waals surface area contributed by atoms with Crippen LogP contribution >= 0.6 is 0 Å². The number of carbonyl (C=O) groups is 1. The zero-order chi connectivity index (χ0) is 21.5. The van der Waals surface area contributed by atoms with Crippen LogP contribution in [-0.2, 0) is 13.0 Å². The quantitative estimate of drug-likeness (QED) is 0.543. The SMILES string of the molecule is CCc1nccn1CCCNC(=O)c1cc(F)cc(-c2cc(OC)nc(OC)n2)c1. The van der Waals surface area contributed by atoms with Crippen molar-refractivity contribution in [3.63, 3.8) is 0 Å². The average molecular weight is 413 g/mol. The lowest BCUT2D eigenvalue weighted by atomic mass is 10.1. The van der Waals surface area contributed by atoms with Gasteiger partial charge in [-0.15, -0.1) is 0 Å². The van der Waals surface area contributed by atoms with Gasteiger partial charge in [-0.05, 0) is 24.6 Å². The summed E-state index contributed by atoms with van der Waals surface area (Å²) < 4.78 is 26.4. The number of amides is 1. The van der Waals surface area contributed by atoms with Crippen LogP contribution in [0.15, 0.2) is 36.7 Å². The van der Waals surface area contributed by atoms with Crippen molar-refractivity contribution in [1.29, 1.82) is 0 Å². The first kappa shape index (κ1) is 21.2. The largest absolute Gasteiger partial charge is 0.481 e. The summed E-state index contributed by atoms with van der Waals surface area (Å²) >= 11 is 0. The van der Waals surface area contributed by atoms with Crippen molar-refractivity contribution < 1.29 is 18.7 Å². The van der Waals surface area contributed by atoms with Crippen molar-refractivity contribution >= 4 is 5.91 Å². The molecule has 2 heterocycles. The van der Waals surface area contributed by atoms with Crippen LogP contribution in [0.3, 0.4) is 0 Å². The molecule has 0 radical (unpaired) electrons. The normalized spacial score (nSPS) is 10.7. The summed E-state index contributed by atoms with van der Waals surface area (Å²) in [6.07, 6.45) is 5.27. The molecule has 158 valence electrons. The van der Waals surface area contributed by atoms with Crippen LogP contribution in [-0.4, -0.2) is 46.2 Å². The second-order valence-electron chi connectivity index (χ2n) is 6.51. The monoisotopic (exact) mass is 413 g/mol. The van der Waals surface area contributed by atoms with Crippen molar-refractivity contribution in [2.24, 2.45) is 0 Å². The highest BCUT2D eigenvalue weighted by molar-refractivity contribution is 5.95. The number of imidazole rings is 1. The van der Waals surface area contributed by atoms with Gasteiger partial charge in [0.05, 0.1) is 19.9 Å². The molecular formula is C21H24FN5O3. The van der Waals surface area contributed by atoms with Gasteiger partial charge in [0.1, 0.15) is 11.6 Å². The Morgan fingerprint density at radius 1 is 1.17 bits per heavy atom. The molecular weight excluding hydrogens is 389 g/mol. The smallest absolute Gasteiger partial charge is 0.320 e. The predicted molar refractivity (Wildman–Crippen MR) is 109 cm³/mol. The number of nitrogens with zero attached hydrogens (tertiary/aromatic N) is 4. The number of nitrogens with one attached hydrogen (secondary N) is 1. The van der Waals surface area contributed by atoms with E-state index in [4.69, 9.17) is 9.47 Å². The van der Waals surface area contributed by atoms with Gasteiger partial charge in [0.2, 0.25) is 5.88 Å². The maximum absolute atomic E-state index is 14.2. The van der Waals surface area contributed by atoms with Gasteiger partial charge < -0.3 is 19.4 Å². The Kier molecular flexibility index (Phi) is 6.95. The predicted octanol–water partition coefficient (Wildman–Crippen LogP) is 2.88. The van der Waals surface area contributed by atoms with Gasteiger partial charge >= 0.3 is 6.01 Å². The van der Waals surface area contributed by atoms with Crippen LogP contribution in [0.2, 0.25) is 0 Å². The van der Waals surface area contributed by atoms with Crippen molar-refractivity contribution in [1.82, 2.24) is 24.8 Å². The molecule has 0 aliphatic rings. The van der Waals surface area contributed by atoms with Crippen LogP contribution in [0, 0.1) is 5.82 Å². The summed E-state index contributed by atoms with van der Waals surface area (Å²) in [6, 6.07) is 5.70. The topological polar surface area (TPSA) is 91.2 Å². The van der Waals surface area contributed by atoms with Gasteiger partial charge in [-0.3, -0.25) is 4.79 Å². The Balaban J connectivity index is 1.69. The molecule has 3 rings (SSSR count). The lowest BCUT2D eigenvalue weighted by Gasteiger charge is -2.10. The highest BCUT2D eigenvalue weighted by Crippen LogP contribution is 2.25. The van der Waals surface area contributed by atoms with Gasteiger partial charge in [0.25, 0.3) is 5.91 Å². The Morgan fingerprint density at radius 2 is 2.00 bits per heavy atom. The van der Waals surface area contributed by atoms with E-state index in [-0.39, 0.29) is 23.4 Å². The fourth-order valence-corrected chi connectivity index (χ4v) is 3.03. The number of benzene rings is 1. The maximum atomic E-state index is 14.2. The minimum absolute atomic E-state index is 0.0885. The maximum Gasteiger partial charge on any atom is 0.320 e. The third-order valence-corrected chi connectivity index (χ3v) is 4.51. The molecule has 9 heteroatoms. The minimum atomic E-state index is -0.541. The number of methoxy groups -OCH3 is 2. The van der Waals surface area contributed by atoms with E-state index in [2.05, 4.69) is 24.8 Å². The van der Waals surface area contributed by atoms with Gasteiger partial charge in [-0.2, -0.15) is 9.97 Å². The highest BCUT2D eigenvalue weighted by Gasteiger charge is 2.13. The third kappa shape index (κ3) is 5.11. The summed E-state index contributed by atoms with van der Waals surface area (Å²) in [5.41, 5.74) is 1.02. The molecule has 30 heavy (non-hydrogen) atoms. The summed E-state index contributed by atoms with van der Waals surface area (Å²) in [4.78, 5) is 25.0. The Hall–Kier alpha value is -3.49. The van der Waals surface area contributed by atoms with E-state index in [0.717, 1.165) is 25.2 Å². The molecule has 1 aromatic carbocycles. The minimum Gasteiger partial charge on any atom is -0.481 e. The van der Waals surface area contributed by atoms with Crippen LogP contribution in [0.4, 0.5) is 4.39 Å². The molecule has 0 aliphatic heterocycles. The van der Waals surface area contributed by atoms with E-state index in [1.165, 1.54) is 26.4 Å². The van der Waals surface area contributed by atoms with E-state index in [0.29, 0.717) is 17.8 Å². The molecule has 0 bridgehead atoms. The number of aryl methyl sites for hydroxylation is 2. The lowest BCUT2D eigenvalue weighted by molar-refractivity contribution is 0.0952. The number of hydrogen-bond acceptors (Lipinski definition) is 6. The van der Waals surface area contributed by atoms with E-state index >= 15 is 0 Å². The number of rotatable bonds is 9. The summed E-state index contributed by atoms with van der Waals surface area (Å²) in [7, 11) is 2.89. The van der Waals surface area contributed by atoms with E-state index in [1.807, 2.05) is 13.1 Å². The molecule has 0 aliphatic carbocycles. The number of hydrogen-bond donors (Lipinski definition) is 1. The fourth-order valence-electron chi connectivity index (χ4n) is 3.03. The fraction of sp³-hybridized carbons (Fsp3) is 0.333. The summed E-state index contributed by atoms with van der Waals surface area (Å²) in [6.45, 7) is 3.25. The van der Waals surface area contributed by atoms with E-state index in [9.17, 15) is 9.18 Å². The second kappa shape index (κ2) is 9.82. The first-order chi connectivity index (χ1) is 14.5. The van der Waals surface area contributed by atoms with E-state index < -0.39 is 5.82 Å². The molecule has 0 saturated carbocycles. The summed E-state index contributed by atoms with van der Waals surface area (Å²) in [5.74, 6) is 0.384. The standard InChI is InChI=1S/C21H24FN5O3/c1-4-18-23-7-9-27(18)8-5-6-24-20(28)15-10-14(11-16(22)12-15)17-13-19(29-2)26-21(25-17)30-3/h7,9-13H,4-6,8H2,1-3H3,(H,24,28). The third-order valence-electron chi connectivity index (χ3n) is 4.51. The van der Waals surface area contributed by atoms with Gasteiger partial charge in [-0.1, -0.05) is 6.92 Å². The number of ether oxygens (including phenoxy) is 2. The molecule has 0 fully saturated rings. The molecule has 1 N–H and O–H groups in total. The first-order valence-electron chi connectivity index (χ1n) is 9.60. The zero-order valence-electron chi connectivity index (χ0n) is 17.2. The van der Waals surface area contributed by atoms with Crippen LogP contribution in [0.1, 0.15) is 29.5 Å². The van der Waals surface area contributed by atoms with Crippen molar-refractivity contribution in [2.45, 2.75) is 26.3 Å². The average Bonchev–Trinajstić information content (AvgIpc) is 3.23. The lowest BCUT2D eigenvalue weighted by Crippen LogP contribution is -2.25. The van der Waals surface area contributed by atoms with Gasteiger partial charge in [0.15, 0.2) is 0 Å². The number of aromatic nitrogens is 4. The van der Waals surface area contributed by atoms with Crippen LogP contribution in [0.25, 0.3) is 11.3 Å². The van der Waals surface area contributed by atoms with Crippen molar-refractivity contribution in [3.05, 3.63) is 53.9 Å². The molecule has 8 nitrogen and oxygen atoms in total. The van der Waals surface area contributed by atoms with Crippen LogP contribution in [0.5, 0.6) is 11.9 Å². The van der Waals surface area contributed by atoms with Gasteiger partial charge in [-0.25, -0.2) is 9.37 Å². The molecule has 0 saturated heterocycles. The zero-order valence-corrected chi connectivity index (χ0v) is 17.2. The summed E-state index contributed by atoms with van der Waals surface area (Å²) in [5, 5.41) is 2.83. The van der Waals surface area contributed by atoms with E-state index in [1.54, 1.807) is 18.3 Å². The molecule has 0 atom stereocenters. The number of halogens is 1. The van der Waals surface area contributed by atoms with Gasteiger partial charge in [0, 0.05) is 49.1 Å². The molecule has 2 aromatic heterocycles. The Labute approximate surface area is 174 Å². The van der Waals surface area contributed by atoms with Crippen molar-refractivity contribution in [2.75, 3.05) is 20.8 Å². The van der Waals surface area contributed by atoms with Crippen molar-refractivity contribution in [3.8, 4) is 23.1 Å². The molecule has 1 amide bonds. The Bertz CT molecular complexity index is 999. The highest BCUT2D eigenvalue weighted by atomic mass is 19.1. The second-order valence-corrected chi connectivity index (χ2v) is 6.51.